The van der Waals surface area contributed by atoms with Gasteiger partial charge in [0.05, 0.1) is 4.92 Å². The van der Waals surface area contributed by atoms with E-state index >= 15 is 0 Å². The molecule has 2 bridgehead atoms. The third kappa shape index (κ3) is 1.56. The van der Waals surface area contributed by atoms with Crippen molar-refractivity contribution in [3.8, 4) is 0 Å². The molecule has 0 aliphatic heterocycles. The van der Waals surface area contributed by atoms with Crippen molar-refractivity contribution in [1.82, 2.24) is 4.98 Å². The minimum Gasteiger partial charge on any atom is -0.424 e. The number of nitro benzene ring substituents is 1. The molecule has 21 heavy (non-hydrogen) atoms. The maximum atomic E-state index is 10.8. The maximum Gasteiger partial charge on any atom is 0.295 e. The summed E-state index contributed by atoms with van der Waals surface area (Å²) in [7, 11) is 0. The van der Waals surface area contributed by atoms with Crippen LogP contribution in [0.5, 0.6) is 0 Å². The Morgan fingerprint density at radius 2 is 2.05 bits per heavy atom. The van der Waals surface area contributed by atoms with Crippen LogP contribution in [-0.4, -0.2) is 15.9 Å². The number of non-ortho nitro benzene ring substituents is 1. The molecule has 1 N–H and O–H groups in total. The third-order valence-electron chi connectivity index (χ3n) is 5.61. The molecule has 3 saturated carbocycles. The van der Waals surface area contributed by atoms with Gasteiger partial charge in [0.1, 0.15) is 5.52 Å². The van der Waals surface area contributed by atoms with Crippen LogP contribution in [0.25, 0.3) is 11.1 Å². The van der Waals surface area contributed by atoms with Gasteiger partial charge in [-0.3, -0.25) is 10.1 Å². The second-order valence-electron chi connectivity index (χ2n) is 6.59. The molecule has 108 valence electrons. The van der Waals surface area contributed by atoms with Gasteiger partial charge in [0, 0.05) is 18.2 Å². The second-order valence-corrected chi connectivity index (χ2v) is 6.59. The number of nitrogens with zero attached hydrogens (tertiary/aromatic N) is 2. The van der Waals surface area contributed by atoms with Crippen molar-refractivity contribution in [2.24, 2.45) is 23.7 Å². The van der Waals surface area contributed by atoms with Crippen molar-refractivity contribution in [3.05, 3.63) is 28.3 Å². The summed E-state index contributed by atoms with van der Waals surface area (Å²) in [6.45, 7) is 0. The molecule has 6 heteroatoms. The van der Waals surface area contributed by atoms with Gasteiger partial charge in [-0.05, 0) is 49.0 Å². The van der Waals surface area contributed by atoms with Gasteiger partial charge in [0.15, 0.2) is 5.58 Å². The molecule has 0 spiro atoms. The van der Waals surface area contributed by atoms with E-state index in [-0.39, 0.29) is 5.69 Å². The standard InChI is InChI=1S/C15H15N3O3/c19-18(20)9-3-4-11-10(6-9)16-15(21-11)17-14-12-7-1-2-8(5-7)13(12)14/h3-4,6-8,12-14H,1-2,5H2,(H,16,17). The number of hydrogen-bond donors (Lipinski definition) is 1. The van der Waals surface area contributed by atoms with Crippen LogP contribution in [0.2, 0.25) is 0 Å². The number of nitrogens with one attached hydrogen (secondary N) is 1. The quantitative estimate of drug-likeness (QED) is 0.691. The van der Waals surface area contributed by atoms with E-state index in [0.717, 1.165) is 23.7 Å². The lowest BCUT2D eigenvalue weighted by Crippen LogP contribution is -2.12. The Balaban J connectivity index is 1.40. The van der Waals surface area contributed by atoms with Crippen molar-refractivity contribution in [2.75, 3.05) is 5.32 Å². The van der Waals surface area contributed by atoms with Crippen LogP contribution in [0.3, 0.4) is 0 Å². The summed E-state index contributed by atoms with van der Waals surface area (Å²) in [6, 6.07) is 5.53. The van der Waals surface area contributed by atoms with Crippen LogP contribution in [0.4, 0.5) is 11.7 Å². The predicted molar refractivity (Wildman–Crippen MR) is 75.9 cm³/mol. The smallest absolute Gasteiger partial charge is 0.295 e. The molecule has 5 rings (SSSR count). The van der Waals surface area contributed by atoms with Crippen LogP contribution in [-0.2, 0) is 0 Å². The zero-order chi connectivity index (χ0) is 14.1. The Morgan fingerprint density at radius 3 is 2.76 bits per heavy atom. The van der Waals surface area contributed by atoms with Crippen LogP contribution in [0.1, 0.15) is 19.3 Å². The number of aromatic nitrogens is 1. The van der Waals surface area contributed by atoms with E-state index in [0.29, 0.717) is 23.2 Å². The van der Waals surface area contributed by atoms with Gasteiger partial charge < -0.3 is 9.73 Å². The first kappa shape index (κ1) is 11.5. The highest BCUT2D eigenvalue weighted by Gasteiger charge is 2.65. The molecular formula is C15H15N3O3. The van der Waals surface area contributed by atoms with E-state index < -0.39 is 4.92 Å². The van der Waals surface area contributed by atoms with Crippen molar-refractivity contribution >= 4 is 22.8 Å². The van der Waals surface area contributed by atoms with Gasteiger partial charge in [-0.1, -0.05) is 0 Å². The molecule has 4 unspecified atom stereocenters. The monoisotopic (exact) mass is 285 g/mol. The summed E-state index contributed by atoms with van der Waals surface area (Å²) in [5.74, 6) is 3.38. The van der Waals surface area contributed by atoms with Gasteiger partial charge in [0.2, 0.25) is 0 Å². The Labute approximate surface area is 120 Å². The fraction of sp³-hybridized carbons (Fsp3) is 0.533. The third-order valence-corrected chi connectivity index (χ3v) is 5.61. The van der Waals surface area contributed by atoms with Gasteiger partial charge in [-0.15, -0.1) is 0 Å². The second kappa shape index (κ2) is 3.75. The Kier molecular flexibility index (Phi) is 2.06. The lowest BCUT2D eigenvalue weighted by atomic mass is 10.0. The van der Waals surface area contributed by atoms with Crippen LogP contribution < -0.4 is 5.32 Å². The van der Waals surface area contributed by atoms with Crippen LogP contribution in [0.15, 0.2) is 22.6 Å². The maximum absolute atomic E-state index is 10.8. The molecule has 0 radical (unpaired) electrons. The lowest BCUT2D eigenvalue weighted by molar-refractivity contribution is -0.384. The topological polar surface area (TPSA) is 81.2 Å². The van der Waals surface area contributed by atoms with Crippen molar-refractivity contribution in [1.29, 1.82) is 0 Å². The SMILES string of the molecule is O=[N+]([O-])c1ccc2oc(NC3C4C5CCC(C5)C34)nc2c1. The number of rotatable bonds is 3. The van der Waals surface area contributed by atoms with Gasteiger partial charge >= 0.3 is 0 Å². The fourth-order valence-corrected chi connectivity index (χ4v) is 4.75. The predicted octanol–water partition coefficient (Wildman–Crippen LogP) is 3.19. The Morgan fingerprint density at radius 1 is 1.29 bits per heavy atom. The first-order chi connectivity index (χ1) is 10.2. The highest BCUT2D eigenvalue weighted by Crippen LogP contribution is 2.66. The first-order valence-electron chi connectivity index (χ1n) is 7.52. The molecule has 0 amide bonds. The zero-order valence-corrected chi connectivity index (χ0v) is 11.4. The number of hydrogen-bond acceptors (Lipinski definition) is 5. The van der Waals surface area contributed by atoms with E-state index in [1.165, 1.54) is 31.4 Å². The number of fused-ring (bicyclic) bond motifs is 6. The van der Waals surface area contributed by atoms with Crippen molar-refractivity contribution < 1.29 is 9.34 Å². The summed E-state index contributed by atoms with van der Waals surface area (Å²) in [6.07, 6.45) is 4.17. The molecule has 1 heterocycles. The minimum atomic E-state index is -0.413. The van der Waals surface area contributed by atoms with E-state index in [9.17, 15) is 10.1 Å². The number of anilines is 1. The zero-order valence-electron chi connectivity index (χ0n) is 11.4. The van der Waals surface area contributed by atoms with Gasteiger partial charge in [-0.25, -0.2) is 0 Å². The fourth-order valence-electron chi connectivity index (χ4n) is 4.75. The number of oxazole rings is 1. The summed E-state index contributed by atoms with van der Waals surface area (Å²) in [5, 5.41) is 14.2. The summed E-state index contributed by atoms with van der Waals surface area (Å²) in [5.41, 5.74) is 1.18. The van der Waals surface area contributed by atoms with Gasteiger partial charge in [0.25, 0.3) is 11.7 Å². The first-order valence-corrected chi connectivity index (χ1v) is 7.52. The summed E-state index contributed by atoms with van der Waals surface area (Å²) in [4.78, 5) is 14.7. The Hall–Kier alpha value is -2.11. The van der Waals surface area contributed by atoms with E-state index in [1.807, 2.05) is 0 Å². The van der Waals surface area contributed by atoms with E-state index in [4.69, 9.17) is 4.42 Å². The minimum absolute atomic E-state index is 0.0451. The molecule has 3 aliphatic carbocycles. The molecule has 0 saturated heterocycles. The highest BCUT2D eigenvalue weighted by molar-refractivity contribution is 5.77. The molecule has 4 atom stereocenters. The molecule has 6 nitrogen and oxygen atoms in total. The lowest BCUT2D eigenvalue weighted by Gasteiger charge is -2.08. The highest BCUT2D eigenvalue weighted by atomic mass is 16.6. The van der Waals surface area contributed by atoms with Crippen LogP contribution in [0, 0.1) is 33.8 Å². The molecule has 1 aromatic carbocycles. The van der Waals surface area contributed by atoms with E-state index in [2.05, 4.69) is 10.3 Å². The molecule has 1 aromatic heterocycles. The molecule has 2 aromatic rings. The molecule has 3 fully saturated rings. The normalized spacial score (nSPS) is 35.9. The Bertz CT molecular complexity index is 740. The van der Waals surface area contributed by atoms with Crippen LogP contribution >= 0.6 is 0 Å². The van der Waals surface area contributed by atoms with Gasteiger partial charge in [-0.2, -0.15) is 4.98 Å². The summed E-state index contributed by atoms with van der Waals surface area (Å²) >= 11 is 0. The van der Waals surface area contributed by atoms with Crippen molar-refractivity contribution in [2.45, 2.75) is 25.3 Å². The number of nitro groups is 1. The largest absolute Gasteiger partial charge is 0.424 e. The average Bonchev–Trinajstić information content (AvgIpc) is 2.86. The average molecular weight is 285 g/mol. The van der Waals surface area contributed by atoms with Crippen molar-refractivity contribution in [3.63, 3.8) is 0 Å². The molecule has 3 aliphatic rings. The number of benzene rings is 1. The molecular weight excluding hydrogens is 270 g/mol. The van der Waals surface area contributed by atoms with E-state index in [1.54, 1.807) is 6.07 Å². The summed E-state index contributed by atoms with van der Waals surface area (Å²) < 4.78 is 5.66.